The van der Waals surface area contributed by atoms with Crippen molar-refractivity contribution in [1.29, 1.82) is 0 Å². The van der Waals surface area contributed by atoms with E-state index in [0.717, 1.165) is 5.56 Å². The number of nitrogens with one attached hydrogen (secondary N) is 1. The average molecular weight is 193 g/mol. The Hall–Kier alpha value is -1.06. The van der Waals surface area contributed by atoms with Gasteiger partial charge in [-0.05, 0) is 31.5 Å². The zero-order chi connectivity index (χ0) is 10.2. The van der Waals surface area contributed by atoms with Crippen molar-refractivity contribution in [2.45, 2.75) is 25.6 Å². The molecule has 0 aliphatic carbocycles. The van der Waals surface area contributed by atoms with E-state index in [1.165, 1.54) is 0 Å². The zero-order valence-electron chi connectivity index (χ0n) is 8.45. The number of aromatic hydroxyl groups is 1. The Kier molecular flexibility index (Phi) is 2.21. The molecule has 0 aromatic heterocycles. The topological polar surface area (TPSA) is 41.5 Å². The summed E-state index contributed by atoms with van der Waals surface area (Å²) in [6, 6.07) is 7.14. The van der Waals surface area contributed by atoms with Gasteiger partial charge in [-0.1, -0.05) is 12.1 Å². The SMILES string of the molecule is CC1(C)COC(c2cccc(O)c2)N1. The molecule has 1 aliphatic heterocycles. The third-order valence-corrected chi connectivity index (χ3v) is 2.31. The van der Waals surface area contributed by atoms with Crippen molar-refractivity contribution >= 4 is 0 Å². The zero-order valence-corrected chi connectivity index (χ0v) is 8.45. The molecule has 2 N–H and O–H groups in total. The van der Waals surface area contributed by atoms with Crippen LogP contribution in [0.25, 0.3) is 0 Å². The molecule has 0 saturated carbocycles. The molecule has 14 heavy (non-hydrogen) atoms. The van der Waals surface area contributed by atoms with Gasteiger partial charge in [-0.2, -0.15) is 0 Å². The Morgan fingerprint density at radius 2 is 2.29 bits per heavy atom. The van der Waals surface area contributed by atoms with E-state index < -0.39 is 0 Å². The molecular formula is C11H15NO2. The molecule has 0 spiro atoms. The lowest BCUT2D eigenvalue weighted by Crippen LogP contribution is -2.35. The smallest absolute Gasteiger partial charge is 0.135 e. The van der Waals surface area contributed by atoms with Crippen molar-refractivity contribution in [3.63, 3.8) is 0 Å². The average Bonchev–Trinajstić information content (AvgIpc) is 2.46. The molecule has 1 fully saturated rings. The second-order valence-corrected chi connectivity index (χ2v) is 4.31. The molecule has 1 heterocycles. The largest absolute Gasteiger partial charge is 0.508 e. The van der Waals surface area contributed by atoms with Gasteiger partial charge in [0.2, 0.25) is 0 Å². The monoisotopic (exact) mass is 193 g/mol. The van der Waals surface area contributed by atoms with Crippen molar-refractivity contribution in [3.8, 4) is 5.75 Å². The molecule has 3 nitrogen and oxygen atoms in total. The number of phenolic OH excluding ortho intramolecular Hbond substituents is 1. The predicted molar refractivity (Wildman–Crippen MR) is 54.0 cm³/mol. The second-order valence-electron chi connectivity index (χ2n) is 4.31. The first-order valence-electron chi connectivity index (χ1n) is 4.75. The van der Waals surface area contributed by atoms with Crippen LogP contribution in [-0.4, -0.2) is 17.3 Å². The first-order chi connectivity index (χ1) is 6.57. The molecule has 0 amide bonds. The lowest BCUT2D eigenvalue weighted by Gasteiger charge is -2.17. The van der Waals surface area contributed by atoms with Gasteiger partial charge in [0.25, 0.3) is 0 Å². The Labute approximate surface area is 83.7 Å². The molecule has 1 aromatic rings. The second kappa shape index (κ2) is 3.26. The van der Waals surface area contributed by atoms with E-state index >= 15 is 0 Å². The Morgan fingerprint density at radius 3 is 2.86 bits per heavy atom. The molecule has 1 saturated heterocycles. The van der Waals surface area contributed by atoms with Crippen molar-refractivity contribution in [3.05, 3.63) is 29.8 Å². The van der Waals surface area contributed by atoms with Crippen molar-refractivity contribution in [2.75, 3.05) is 6.61 Å². The van der Waals surface area contributed by atoms with Crippen LogP contribution < -0.4 is 5.32 Å². The molecule has 1 aliphatic rings. The van der Waals surface area contributed by atoms with Gasteiger partial charge in [-0.15, -0.1) is 0 Å². The highest BCUT2D eigenvalue weighted by Crippen LogP contribution is 2.27. The number of benzene rings is 1. The van der Waals surface area contributed by atoms with Crippen molar-refractivity contribution < 1.29 is 9.84 Å². The summed E-state index contributed by atoms with van der Waals surface area (Å²) < 4.78 is 5.59. The maximum atomic E-state index is 9.32. The summed E-state index contributed by atoms with van der Waals surface area (Å²) in [5.74, 6) is 0.276. The van der Waals surface area contributed by atoms with Crippen LogP contribution in [0.2, 0.25) is 0 Å². The maximum absolute atomic E-state index is 9.32. The number of hydrogen-bond acceptors (Lipinski definition) is 3. The Bertz CT molecular complexity index is 336. The number of rotatable bonds is 1. The highest BCUT2D eigenvalue weighted by atomic mass is 16.5. The van der Waals surface area contributed by atoms with Crippen LogP contribution in [0.5, 0.6) is 5.75 Å². The van der Waals surface area contributed by atoms with Crippen molar-refractivity contribution in [2.24, 2.45) is 0 Å². The minimum absolute atomic E-state index is 0.0100. The summed E-state index contributed by atoms with van der Waals surface area (Å²) in [6.07, 6.45) is -0.0999. The van der Waals surface area contributed by atoms with E-state index in [9.17, 15) is 5.11 Å². The van der Waals surface area contributed by atoms with Gasteiger partial charge in [0, 0.05) is 5.54 Å². The van der Waals surface area contributed by atoms with E-state index in [0.29, 0.717) is 6.61 Å². The predicted octanol–water partition coefficient (Wildman–Crippen LogP) is 1.79. The minimum Gasteiger partial charge on any atom is -0.508 e. The van der Waals surface area contributed by atoms with E-state index in [1.54, 1.807) is 12.1 Å². The molecule has 0 bridgehead atoms. The Balaban J connectivity index is 2.17. The normalized spacial score (nSPS) is 25.1. The summed E-state index contributed by atoms with van der Waals surface area (Å²) in [5.41, 5.74) is 0.978. The van der Waals surface area contributed by atoms with E-state index in [-0.39, 0.29) is 17.5 Å². The van der Waals surface area contributed by atoms with E-state index in [2.05, 4.69) is 19.2 Å². The fraction of sp³-hybridized carbons (Fsp3) is 0.455. The molecule has 2 rings (SSSR count). The van der Waals surface area contributed by atoms with Crippen molar-refractivity contribution in [1.82, 2.24) is 5.32 Å². The van der Waals surface area contributed by atoms with Crippen LogP contribution >= 0.6 is 0 Å². The van der Waals surface area contributed by atoms with Crippen LogP contribution in [0.4, 0.5) is 0 Å². The number of ether oxygens (including phenoxy) is 1. The van der Waals surface area contributed by atoms with Crippen LogP contribution in [0, 0.1) is 0 Å². The van der Waals surface area contributed by atoms with Gasteiger partial charge in [0.05, 0.1) is 6.61 Å². The fourth-order valence-corrected chi connectivity index (χ4v) is 1.60. The number of hydrogen-bond donors (Lipinski definition) is 2. The lowest BCUT2D eigenvalue weighted by molar-refractivity contribution is 0.0987. The summed E-state index contributed by atoms with van der Waals surface area (Å²) in [4.78, 5) is 0. The van der Waals surface area contributed by atoms with Gasteiger partial charge in [-0.3, -0.25) is 5.32 Å². The van der Waals surface area contributed by atoms with Crippen LogP contribution in [0.15, 0.2) is 24.3 Å². The molecule has 1 aromatic carbocycles. The minimum atomic E-state index is -0.0999. The molecule has 1 atom stereocenters. The summed E-state index contributed by atoms with van der Waals surface area (Å²) in [5, 5.41) is 12.7. The summed E-state index contributed by atoms with van der Waals surface area (Å²) in [6.45, 7) is 4.87. The molecule has 1 unspecified atom stereocenters. The molecule has 3 heteroatoms. The van der Waals surface area contributed by atoms with Gasteiger partial charge >= 0.3 is 0 Å². The third-order valence-electron chi connectivity index (χ3n) is 2.31. The van der Waals surface area contributed by atoms with E-state index in [4.69, 9.17) is 4.74 Å². The Morgan fingerprint density at radius 1 is 1.50 bits per heavy atom. The van der Waals surface area contributed by atoms with Crippen LogP contribution in [0.3, 0.4) is 0 Å². The quantitative estimate of drug-likeness (QED) is 0.714. The molecular weight excluding hydrogens is 178 g/mol. The highest BCUT2D eigenvalue weighted by molar-refractivity contribution is 5.29. The van der Waals surface area contributed by atoms with Gasteiger partial charge < -0.3 is 9.84 Å². The highest BCUT2D eigenvalue weighted by Gasteiger charge is 2.31. The number of phenols is 1. The summed E-state index contributed by atoms with van der Waals surface area (Å²) >= 11 is 0. The summed E-state index contributed by atoms with van der Waals surface area (Å²) in [7, 11) is 0. The lowest BCUT2D eigenvalue weighted by atomic mass is 10.1. The van der Waals surface area contributed by atoms with Gasteiger partial charge in [0.15, 0.2) is 0 Å². The molecule has 76 valence electrons. The fourth-order valence-electron chi connectivity index (χ4n) is 1.60. The van der Waals surface area contributed by atoms with Crippen LogP contribution in [0.1, 0.15) is 25.6 Å². The standard InChI is InChI=1S/C11H15NO2/c1-11(2)7-14-10(12-11)8-4-3-5-9(13)6-8/h3-6,10,12-13H,7H2,1-2H3. The van der Waals surface area contributed by atoms with Gasteiger partial charge in [-0.25, -0.2) is 0 Å². The van der Waals surface area contributed by atoms with Crippen LogP contribution in [-0.2, 0) is 4.74 Å². The first kappa shape index (κ1) is 9.49. The van der Waals surface area contributed by atoms with Gasteiger partial charge in [0.1, 0.15) is 12.0 Å². The third kappa shape index (κ3) is 1.89. The molecule has 0 radical (unpaired) electrons. The first-order valence-corrected chi connectivity index (χ1v) is 4.75. The van der Waals surface area contributed by atoms with E-state index in [1.807, 2.05) is 12.1 Å². The maximum Gasteiger partial charge on any atom is 0.135 e.